The van der Waals surface area contributed by atoms with Crippen molar-refractivity contribution in [1.29, 1.82) is 0 Å². The third kappa shape index (κ3) is 3.65. The number of benzene rings is 3. The topological polar surface area (TPSA) is 41.9 Å². The van der Waals surface area contributed by atoms with Crippen LogP contribution in [0.2, 0.25) is 0 Å². The van der Waals surface area contributed by atoms with Gasteiger partial charge in [-0.2, -0.15) is 4.99 Å². The number of aliphatic imine (C=N–C) groups is 1. The Morgan fingerprint density at radius 3 is 2.30 bits per heavy atom. The number of carbonyl (C=O) groups excluding carboxylic acids is 1. The van der Waals surface area contributed by atoms with Crippen molar-refractivity contribution >= 4 is 23.7 Å². The molecule has 132 valence electrons. The van der Waals surface area contributed by atoms with E-state index in [1.54, 1.807) is 6.08 Å². The SMILES string of the molecule is Cc1cccc(OC2=N/C(=C/c3ccccc3)C(=O)N2c2ccccc2)c1. The fourth-order valence-electron chi connectivity index (χ4n) is 2.86. The molecule has 4 heteroatoms. The molecule has 0 saturated heterocycles. The van der Waals surface area contributed by atoms with Crippen molar-refractivity contribution in [3.05, 3.63) is 102 Å². The predicted molar refractivity (Wildman–Crippen MR) is 108 cm³/mol. The average molecular weight is 354 g/mol. The van der Waals surface area contributed by atoms with Gasteiger partial charge in [-0.25, -0.2) is 4.90 Å². The molecule has 0 fully saturated rings. The molecule has 27 heavy (non-hydrogen) atoms. The fourth-order valence-corrected chi connectivity index (χ4v) is 2.86. The third-order valence-corrected chi connectivity index (χ3v) is 4.15. The van der Waals surface area contributed by atoms with Crippen LogP contribution in [0, 0.1) is 6.92 Å². The minimum atomic E-state index is -0.215. The Morgan fingerprint density at radius 2 is 1.59 bits per heavy atom. The molecular weight excluding hydrogens is 336 g/mol. The molecule has 1 amide bonds. The van der Waals surface area contributed by atoms with Crippen molar-refractivity contribution in [3.63, 3.8) is 0 Å². The van der Waals surface area contributed by atoms with E-state index in [4.69, 9.17) is 4.74 Å². The summed E-state index contributed by atoms with van der Waals surface area (Å²) in [5, 5.41) is 0. The van der Waals surface area contributed by atoms with Crippen LogP contribution in [0.15, 0.2) is 95.6 Å². The molecule has 3 aromatic rings. The molecule has 1 aliphatic rings. The first-order valence-electron chi connectivity index (χ1n) is 8.70. The van der Waals surface area contributed by atoms with Gasteiger partial charge in [-0.15, -0.1) is 0 Å². The van der Waals surface area contributed by atoms with Gasteiger partial charge < -0.3 is 4.74 Å². The number of hydrogen-bond acceptors (Lipinski definition) is 3. The van der Waals surface area contributed by atoms with Crippen molar-refractivity contribution in [2.45, 2.75) is 6.92 Å². The molecule has 1 aliphatic heterocycles. The van der Waals surface area contributed by atoms with Gasteiger partial charge in [0.1, 0.15) is 11.4 Å². The molecule has 0 spiro atoms. The smallest absolute Gasteiger partial charge is 0.310 e. The van der Waals surface area contributed by atoms with Gasteiger partial charge in [0.2, 0.25) is 0 Å². The van der Waals surface area contributed by atoms with Crippen LogP contribution in [0.1, 0.15) is 11.1 Å². The number of ether oxygens (including phenoxy) is 1. The van der Waals surface area contributed by atoms with E-state index >= 15 is 0 Å². The van der Waals surface area contributed by atoms with Crippen LogP contribution >= 0.6 is 0 Å². The summed E-state index contributed by atoms with van der Waals surface area (Å²) in [5.74, 6) is 0.427. The first kappa shape index (κ1) is 16.8. The number of nitrogens with zero attached hydrogens (tertiary/aromatic N) is 2. The summed E-state index contributed by atoms with van der Waals surface area (Å²) >= 11 is 0. The van der Waals surface area contributed by atoms with Gasteiger partial charge in [-0.3, -0.25) is 4.79 Å². The summed E-state index contributed by atoms with van der Waals surface area (Å²) in [6, 6.07) is 26.9. The Kier molecular flexibility index (Phi) is 4.54. The van der Waals surface area contributed by atoms with Crippen LogP contribution in [-0.2, 0) is 4.79 Å². The molecule has 0 aliphatic carbocycles. The quantitative estimate of drug-likeness (QED) is 0.633. The normalized spacial score (nSPS) is 15.1. The Balaban J connectivity index is 1.74. The van der Waals surface area contributed by atoms with Crippen molar-refractivity contribution in [3.8, 4) is 5.75 Å². The van der Waals surface area contributed by atoms with Crippen LogP contribution in [0.25, 0.3) is 6.08 Å². The number of carbonyl (C=O) groups is 1. The molecule has 0 N–H and O–H groups in total. The number of amidine groups is 1. The first-order valence-corrected chi connectivity index (χ1v) is 8.70. The van der Waals surface area contributed by atoms with Crippen LogP contribution in [0.3, 0.4) is 0 Å². The molecule has 0 unspecified atom stereocenters. The molecule has 0 atom stereocenters. The Bertz CT molecular complexity index is 1020. The molecular formula is C23H18N2O2. The lowest BCUT2D eigenvalue weighted by Crippen LogP contribution is -2.35. The van der Waals surface area contributed by atoms with E-state index in [0.29, 0.717) is 17.1 Å². The van der Waals surface area contributed by atoms with E-state index in [2.05, 4.69) is 4.99 Å². The molecule has 0 saturated carbocycles. The van der Waals surface area contributed by atoms with Crippen molar-refractivity contribution in [1.82, 2.24) is 0 Å². The van der Waals surface area contributed by atoms with Gasteiger partial charge in [0.15, 0.2) is 0 Å². The van der Waals surface area contributed by atoms with E-state index in [1.807, 2.05) is 91.9 Å². The molecule has 4 rings (SSSR count). The monoisotopic (exact) mass is 354 g/mol. The Hall–Kier alpha value is -3.66. The lowest BCUT2D eigenvalue weighted by Gasteiger charge is -2.18. The second-order valence-electron chi connectivity index (χ2n) is 6.23. The third-order valence-electron chi connectivity index (χ3n) is 4.15. The van der Waals surface area contributed by atoms with Crippen LogP contribution < -0.4 is 9.64 Å². The molecule has 0 bridgehead atoms. The zero-order valence-corrected chi connectivity index (χ0v) is 14.9. The highest BCUT2D eigenvalue weighted by Gasteiger charge is 2.33. The lowest BCUT2D eigenvalue weighted by atomic mass is 10.2. The van der Waals surface area contributed by atoms with Gasteiger partial charge in [0.25, 0.3) is 5.91 Å². The summed E-state index contributed by atoms with van der Waals surface area (Å²) < 4.78 is 5.98. The van der Waals surface area contributed by atoms with E-state index in [-0.39, 0.29) is 11.9 Å². The highest BCUT2D eigenvalue weighted by atomic mass is 16.5. The summed E-state index contributed by atoms with van der Waals surface area (Å²) in [6.45, 7) is 1.99. The molecule has 3 aromatic carbocycles. The molecule has 0 radical (unpaired) electrons. The van der Waals surface area contributed by atoms with Gasteiger partial charge >= 0.3 is 6.02 Å². The largest absolute Gasteiger partial charge is 0.425 e. The minimum Gasteiger partial charge on any atom is -0.425 e. The number of rotatable bonds is 3. The van der Waals surface area contributed by atoms with E-state index in [9.17, 15) is 4.79 Å². The fraction of sp³-hybridized carbons (Fsp3) is 0.0435. The lowest BCUT2D eigenvalue weighted by molar-refractivity contribution is -0.113. The zero-order chi connectivity index (χ0) is 18.6. The summed E-state index contributed by atoms with van der Waals surface area (Å²) in [5.41, 5.74) is 3.04. The van der Waals surface area contributed by atoms with Crippen molar-refractivity contribution in [2.75, 3.05) is 4.90 Å². The molecule has 4 nitrogen and oxygen atoms in total. The van der Waals surface area contributed by atoms with Gasteiger partial charge in [0.05, 0.1) is 5.69 Å². The average Bonchev–Trinajstić information content (AvgIpc) is 2.98. The highest BCUT2D eigenvalue weighted by molar-refractivity contribution is 6.27. The number of hydrogen-bond donors (Lipinski definition) is 0. The van der Waals surface area contributed by atoms with E-state index in [1.165, 1.54) is 4.90 Å². The Labute approximate surface area is 158 Å². The standard InChI is InChI=1S/C23H18N2O2/c1-17-9-8-14-20(15-17)27-23-24-21(16-18-10-4-2-5-11-18)22(26)25(23)19-12-6-3-7-13-19/h2-16H,1H3/b21-16+. The second-order valence-corrected chi connectivity index (χ2v) is 6.23. The summed E-state index contributed by atoms with van der Waals surface area (Å²) in [6.07, 6.45) is 1.77. The van der Waals surface area contributed by atoms with Crippen LogP contribution in [0.5, 0.6) is 5.75 Å². The maximum atomic E-state index is 13.0. The number of para-hydroxylation sites is 1. The van der Waals surface area contributed by atoms with Gasteiger partial charge in [-0.1, -0.05) is 60.7 Å². The van der Waals surface area contributed by atoms with E-state index in [0.717, 1.165) is 11.1 Å². The van der Waals surface area contributed by atoms with Gasteiger partial charge in [0, 0.05) is 0 Å². The number of amides is 1. The first-order chi connectivity index (χ1) is 13.2. The molecule has 1 heterocycles. The summed E-state index contributed by atoms with van der Waals surface area (Å²) in [7, 11) is 0. The Morgan fingerprint density at radius 1 is 0.889 bits per heavy atom. The maximum absolute atomic E-state index is 13.0. The summed E-state index contributed by atoms with van der Waals surface area (Å²) in [4.78, 5) is 19.0. The molecule has 0 aromatic heterocycles. The van der Waals surface area contributed by atoms with Crippen LogP contribution in [0.4, 0.5) is 5.69 Å². The van der Waals surface area contributed by atoms with Gasteiger partial charge in [-0.05, 0) is 48.4 Å². The number of aryl methyl sites for hydroxylation is 1. The predicted octanol–water partition coefficient (Wildman–Crippen LogP) is 4.82. The number of anilines is 1. The zero-order valence-electron chi connectivity index (χ0n) is 14.9. The van der Waals surface area contributed by atoms with E-state index < -0.39 is 0 Å². The van der Waals surface area contributed by atoms with Crippen LogP contribution in [-0.4, -0.2) is 11.9 Å². The second kappa shape index (κ2) is 7.30. The van der Waals surface area contributed by atoms with Crippen molar-refractivity contribution < 1.29 is 9.53 Å². The maximum Gasteiger partial charge on any atom is 0.310 e. The van der Waals surface area contributed by atoms with Crippen molar-refractivity contribution in [2.24, 2.45) is 4.99 Å². The highest BCUT2D eigenvalue weighted by Crippen LogP contribution is 2.26. The minimum absolute atomic E-state index is 0.215.